The first-order chi connectivity index (χ1) is 38.0. The van der Waals surface area contributed by atoms with Crippen LogP contribution in [0.5, 0.6) is 0 Å². The molecule has 15 rings (SSSR count). The molecule has 0 atom stereocenters. The van der Waals surface area contributed by atoms with Crippen molar-refractivity contribution in [1.82, 2.24) is 4.57 Å². The van der Waals surface area contributed by atoms with E-state index in [0.29, 0.717) is 0 Å². The summed E-state index contributed by atoms with van der Waals surface area (Å²) >= 11 is 0. The smallest absolute Gasteiger partial charge is 0.0542 e. The monoisotopic (exact) mass is 980 g/mol. The zero-order valence-electron chi connectivity index (χ0n) is 43.0. The van der Waals surface area contributed by atoms with E-state index < -0.39 is 0 Å². The van der Waals surface area contributed by atoms with Crippen molar-refractivity contribution in [2.24, 2.45) is 0 Å². The fourth-order valence-corrected chi connectivity index (χ4v) is 12.9. The highest BCUT2D eigenvalue weighted by atomic mass is 15.1. The van der Waals surface area contributed by atoms with E-state index in [1.807, 2.05) is 0 Å². The highest BCUT2D eigenvalue weighted by Crippen LogP contribution is 2.51. The first kappa shape index (κ1) is 44.7. The maximum atomic E-state index is 2.44. The van der Waals surface area contributed by atoms with Crippen LogP contribution in [0.15, 0.2) is 279 Å². The van der Waals surface area contributed by atoms with Gasteiger partial charge >= 0.3 is 0 Å². The number of para-hydroxylation sites is 1. The fraction of sp³-hybridized carbons (Fsp3) is 0.0400. The molecule has 0 saturated heterocycles. The lowest BCUT2D eigenvalue weighted by molar-refractivity contribution is 0.660. The van der Waals surface area contributed by atoms with Crippen molar-refractivity contribution >= 4 is 71.2 Å². The van der Waals surface area contributed by atoms with Gasteiger partial charge in [-0.25, -0.2) is 0 Å². The molecule has 0 spiro atoms. The lowest BCUT2D eigenvalue weighted by atomic mass is 9.81. The molecule has 0 aliphatic heterocycles. The van der Waals surface area contributed by atoms with Gasteiger partial charge in [0, 0.05) is 38.9 Å². The van der Waals surface area contributed by atoms with Gasteiger partial charge in [0.15, 0.2) is 0 Å². The normalized spacial score (nSPS) is 12.6. The Labute approximate surface area is 449 Å². The van der Waals surface area contributed by atoms with E-state index in [4.69, 9.17) is 0 Å². The van der Waals surface area contributed by atoms with Crippen LogP contribution >= 0.6 is 0 Å². The predicted molar refractivity (Wildman–Crippen MR) is 327 cm³/mol. The number of hydrogen-bond acceptors (Lipinski definition) is 1. The zero-order chi connectivity index (χ0) is 51.2. The molecule has 0 bridgehead atoms. The minimum absolute atomic E-state index is 0.0897. The lowest BCUT2D eigenvalue weighted by Crippen LogP contribution is -2.14. The van der Waals surface area contributed by atoms with E-state index >= 15 is 0 Å². The summed E-state index contributed by atoms with van der Waals surface area (Å²) in [5, 5.41) is 9.89. The van der Waals surface area contributed by atoms with Gasteiger partial charge in [0.1, 0.15) is 0 Å². The van der Waals surface area contributed by atoms with Crippen LogP contribution in [-0.4, -0.2) is 4.57 Å². The second-order valence-corrected chi connectivity index (χ2v) is 21.2. The first-order valence-corrected chi connectivity index (χ1v) is 26.8. The fourth-order valence-electron chi connectivity index (χ4n) is 12.9. The Morgan fingerprint density at radius 2 is 0.740 bits per heavy atom. The van der Waals surface area contributed by atoms with Gasteiger partial charge in [-0.05, 0) is 172 Å². The summed E-state index contributed by atoms with van der Waals surface area (Å²) in [5.41, 5.74) is 21.9. The Balaban J connectivity index is 0.909. The molecule has 13 aromatic carbocycles. The van der Waals surface area contributed by atoms with E-state index in [2.05, 4.69) is 302 Å². The van der Waals surface area contributed by atoms with Crippen LogP contribution in [0, 0.1) is 0 Å². The van der Waals surface area contributed by atoms with Crippen molar-refractivity contribution < 1.29 is 0 Å². The van der Waals surface area contributed by atoms with Gasteiger partial charge in [0.25, 0.3) is 0 Å². The Hall–Kier alpha value is -9.76. The Morgan fingerprint density at radius 3 is 1.42 bits per heavy atom. The average molecular weight is 981 g/mol. The van der Waals surface area contributed by atoms with Crippen molar-refractivity contribution in [1.29, 1.82) is 0 Å². The van der Waals surface area contributed by atoms with Crippen LogP contribution in [0.1, 0.15) is 25.0 Å². The van der Waals surface area contributed by atoms with Gasteiger partial charge in [-0.15, -0.1) is 0 Å². The van der Waals surface area contributed by atoms with Crippen molar-refractivity contribution in [3.05, 3.63) is 290 Å². The van der Waals surface area contributed by atoms with E-state index in [-0.39, 0.29) is 5.41 Å². The number of nitrogens with zero attached hydrogens (tertiary/aromatic N) is 2. The van der Waals surface area contributed by atoms with Crippen molar-refractivity contribution in [2.45, 2.75) is 19.3 Å². The number of rotatable bonds is 8. The van der Waals surface area contributed by atoms with Crippen molar-refractivity contribution in [3.63, 3.8) is 0 Å². The molecule has 14 aromatic rings. The minimum atomic E-state index is -0.0897. The summed E-state index contributed by atoms with van der Waals surface area (Å²) in [5.74, 6) is 0. The first-order valence-electron chi connectivity index (χ1n) is 26.8. The van der Waals surface area contributed by atoms with Crippen LogP contribution in [0.4, 0.5) is 17.1 Å². The number of fused-ring (bicyclic) bond motifs is 9. The molecule has 77 heavy (non-hydrogen) atoms. The number of benzene rings is 13. The molecule has 2 nitrogen and oxygen atoms in total. The Bertz CT molecular complexity index is 4560. The molecule has 1 aliphatic rings. The largest absolute Gasteiger partial charge is 0.310 e. The van der Waals surface area contributed by atoms with Gasteiger partial charge in [-0.1, -0.05) is 220 Å². The van der Waals surface area contributed by atoms with Crippen LogP contribution in [0.25, 0.3) is 115 Å². The second kappa shape index (κ2) is 17.7. The standard InChI is InChI=1S/C75H52N2/c1-75(2)69-31-16-15-25-61(69)62-43-36-54(47-70(62)75)53-37-44-71-67(46-53)68-48-58(42-45-72(68)77(71)55-22-7-4-8-23-55)76(56-38-32-50(33-39-56)60-30-17-21-49-18-9-10-24-59(49)60)57-40-34-52(35-41-57)74-65-28-13-11-26-63(65)73(51-19-5-3-6-20-51)64-27-12-14-29-66(64)74/h3-48H,1-2H3. The molecule has 1 aliphatic carbocycles. The Morgan fingerprint density at radius 1 is 0.286 bits per heavy atom. The summed E-state index contributed by atoms with van der Waals surface area (Å²) in [6.45, 7) is 4.73. The second-order valence-electron chi connectivity index (χ2n) is 21.2. The molecule has 0 radical (unpaired) electrons. The van der Waals surface area contributed by atoms with E-state index in [1.54, 1.807) is 0 Å². The zero-order valence-corrected chi connectivity index (χ0v) is 43.0. The summed E-state index contributed by atoms with van der Waals surface area (Å²) in [6, 6.07) is 103. The van der Waals surface area contributed by atoms with Gasteiger partial charge in [-0.3, -0.25) is 0 Å². The third kappa shape index (κ3) is 7.17. The van der Waals surface area contributed by atoms with Crippen LogP contribution in [-0.2, 0) is 5.41 Å². The molecular formula is C75H52N2. The molecule has 1 aromatic heterocycles. The topological polar surface area (TPSA) is 8.17 Å². The minimum Gasteiger partial charge on any atom is -0.310 e. The molecule has 0 amide bonds. The average Bonchev–Trinajstić information content (AvgIpc) is 4.02. The molecule has 0 N–H and O–H groups in total. The van der Waals surface area contributed by atoms with E-state index in [0.717, 1.165) is 28.3 Å². The summed E-state index contributed by atoms with van der Waals surface area (Å²) in [6.07, 6.45) is 0. The number of anilines is 3. The van der Waals surface area contributed by atoms with Crippen LogP contribution in [0.3, 0.4) is 0 Å². The highest BCUT2D eigenvalue weighted by Gasteiger charge is 2.35. The lowest BCUT2D eigenvalue weighted by Gasteiger charge is -2.26. The molecule has 2 heteroatoms. The number of hydrogen-bond donors (Lipinski definition) is 0. The van der Waals surface area contributed by atoms with Crippen LogP contribution < -0.4 is 4.90 Å². The summed E-state index contributed by atoms with van der Waals surface area (Å²) < 4.78 is 2.43. The maximum absolute atomic E-state index is 2.44. The van der Waals surface area contributed by atoms with Crippen molar-refractivity contribution in [2.75, 3.05) is 4.90 Å². The highest BCUT2D eigenvalue weighted by molar-refractivity contribution is 6.21. The third-order valence-electron chi connectivity index (χ3n) is 16.6. The maximum Gasteiger partial charge on any atom is 0.0542 e. The van der Waals surface area contributed by atoms with Crippen molar-refractivity contribution in [3.8, 4) is 61.3 Å². The predicted octanol–water partition coefficient (Wildman–Crippen LogP) is 20.7. The molecule has 362 valence electrons. The molecule has 0 unspecified atom stereocenters. The Kier molecular flexibility index (Phi) is 10.3. The van der Waals surface area contributed by atoms with Gasteiger partial charge < -0.3 is 9.47 Å². The van der Waals surface area contributed by atoms with Gasteiger partial charge in [0.05, 0.1) is 11.0 Å². The van der Waals surface area contributed by atoms with E-state index in [9.17, 15) is 0 Å². The van der Waals surface area contributed by atoms with E-state index in [1.165, 1.54) is 115 Å². The van der Waals surface area contributed by atoms with Crippen LogP contribution in [0.2, 0.25) is 0 Å². The van der Waals surface area contributed by atoms with Gasteiger partial charge in [0.2, 0.25) is 0 Å². The molecule has 1 heterocycles. The third-order valence-corrected chi connectivity index (χ3v) is 16.6. The molecular weight excluding hydrogens is 929 g/mol. The molecule has 0 fully saturated rings. The molecule has 0 saturated carbocycles. The summed E-state index contributed by atoms with van der Waals surface area (Å²) in [7, 11) is 0. The SMILES string of the molecule is CC1(C)c2ccccc2-c2ccc(-c3ccc4c(c3)c3cc(N(c5ccc(-c6cccc7ccccc67)cc5)c5ccc(-c6c7ccccc7c(-c7ccccc7)c7ccccc67)cc5)ccc3n4-c3ccccc3)cc21. The van der Waals surface area contributed by atoms with Gasteiger partial charge in [-0.2, -0.15) is 0 Å². The quantitative estimate of drug-likeness (QED) is 0.138. The summed E-state index contributed by atoms with van der Waals surface area (Å²) in [4.78, 5) is 2.43. The number of aromatic nitrogens is 1.